The summed E-state index contributed by atoms with van der Waals surface area (Å²) >= 11 is 0. The van der Waals surface area contributed by atoms with Gasteiger partial charge in [0.05, 0.1) is 0 Å². The first-order valence-electron chi connectivity index (χ1n) is 10.5. The van der Waals surface area contributed by atoms with Crippen LogP contribution in [0.4, 0.5) is 0 Å². The van der Waals surface area contributed by atoms with Gasteiger partial charge in [-0.25, -0.2) is 0 Å². The SMILES string of the molecule is CCCC1CCC(N2CCC(C3C=CC=C(CCO)C3)CC2)CC1. The molecule has 0 amide bonds. The van der Waals surface area contributed by atoms with E-state index in [9.17, 15) is 5.11 Å². The Labute approximate surface area is 149 Å². The third-order valence-electron chi connectivity index (χ3n) is 6.83. The van der Waals surface area contributed by atoms with Crippen LogP contribution in [-0.2, 0) is 0 Å². The number of hydrogen-bond acceptors (Lipinski definition) is 2. The van der Waals surface area contributed by atoms with Crippen LogP contribution in [0.15, 0.2) is 23.8 Å². The summed E-state index contributed by atoms with van der Waals surface area (Å²) in [6, 6.07) is 0.880. The first-order chi connectivity index (χ1) is 11.8. The summed E-state index contributed by atoms with van der Waals surface area (Å²) in [6.45, 7) is 5.26. The standard InChI is InChI=1S/C22H37NO/c1-2-4-18-7-9-22(10-8-18)23-14-11-20(12-15-23)21-6-3-5-19(17-21)13-16-24/h3,5-6,18,20-22,24H,2,4,7-17H2,1H3. The average molecular weight is 332 g/mol. The van der Waals surface area contributed by atoms with E-state index in [2.05, 4.69) is 30.1 Å². The number of allylic oxidation sites excluding steroid dienone is 3. The smallest absolute Gasteiger partial charge is 0.0468 e. The minimum Gasteiger partial charge on any atom is -0.396 e. The Hall–Kier alpha value is -0.600. The summed E-state index contributed by atoms with van der Waals surface area (Å²) in [4.78, 5) is 2.82. The van der Waals surface area contributed by atoms with Crippen molar-refractivity contribution in [3.63, 3.8) is 0 Å². The number of likely N-dealkylation sites (tertiary alicyclic amines) is 1. The van der Waals surface area contributed by atoms with Crippen molar-refractivity contribution in [2.45, 2.75) is 77.2 Å². The molecule has 24 heavy (non-hydrogen) atoms. The van der Waals surface area contributed by atoms with Crippen LogP contribution in [0.2, 0.25) is 0 Å². The molecular weight excluding hydrogens is 294 g/mol. The van der Waals surface area contributed by atoms with Gasteiger partial charge in [-0.15, -0.1) is 0 Å². The maximum absolute atomic E-state index is 9.17. The zero-order chi connectivity index (χ0) is 16.8. The van der Waals surface area contributed by atoms with E-state index in [0.29, 0.717) is 6.61 Å². The van der Waals surface area contributed by atoms with Crippen LogP contribution < -0.4 is 0 Å². The summed E-state index contributed by atoms with van der Waals surface area (Å²) in [6.07, 6.45) is 20.3. The van der Waals surface area contributed by atoms with E-state index in [1.165, 1.54) is 76.5 Å². The predicted molar refractivity (Wildman–Crippen MR) is 102 cm³/mol. The monoisotopic (exact) mass is 331 g/mol. The van der Waals surface area contributed by atoms with E-state index in [-0.39, 0.29) is 0 Å². The Balaban J connectivity index is 1.42. The van der Waals surface area contributed by atoms with Crippen LogP contribution in [0.3, 0.4) is 0 Å². The lowest BCUT2D eigenvalue weighted by atomic mass is 9.77. The molecule has 2 fully saturated rings. The van der Waals surface area contributed by atoms with Crippen molar-refractivity contribution >= 4 is 0 Å². The highest BCUT2D eigenvalue weighted by Crippen LogP contribution is 2.36. The second-order valence-corrected chi connectivity index (χ2v) is 8.39. The summed E-state index contributed by atoms with van der Waals surface area (Å²) in [5.41, 5.74) is 1.45. The lowest BCUT2D eigenvalue weighted by Crippen LogP contribution is -2.44. The van der Waals surface area contributed by atoms with Crippen LogP contribution in [0.5, 0.6) is 0 Å². The highest BCUT2D eigenvalue weighted by atomic mass is 16.2. The maximum Gasteiger partial charge on any atom is 0.0468 e. The summed E-state index contributed by atoms with van der Waals surface area (Å²) < 4.78 is 0. The molecule has 1 unspecified atom stereocenters. The second-order valence-electron chi connectivity index (χ2n) is 8.39. The second kappa shape index (κ2) is 9.20. The average Bonchev–Trinajstić information content (AvgIpc) is 2.63. The lowest BCUT2D eigenvalue weighted by molar-refractivity contribution is 0.0828. The van der Waals surface area contributed by atoms with Gasteiger partial charge in [0.25, 0.3) is 0 Å². The van der Waals surface area contributed by atoms with E-state index < -0.39 is 0 Å². The topological polar surface area (TPSA) is 23.5 Å². The van der Waals surface area contributed by atoms with Crippen molar-refractivity contribution < 1.29 is 5.11 Å². The maximum atomic E-state index is 9.17. The van der Waals surface area contributed by atoms with Crippen LogP contribution in [-0.4, -0.2) is 35.7 Å². The van der Waals surface area contributed by atoms with Crippen molar-refractivity contribution in [3.8, 4) is 0 Å². The largest absolute Gasteiger partial charge is 0.396 e. The molecule has 0 aromatic heterocycles. The van der Waals surface area contributed by atoms with Crippen molar-refractivity contribution in [3.05, 3.63) is 23.8 Å². The Morgan fingerprint density at radius 3 is 2.50 bits per heavy atom. The van der Waals surface area contributed by atoms with Gasteiger partial charge in [-0.1, -0.05) is 43.6 Å². The van der Waals surface area contributed by atoms with Gasteiger partial charge in [0, 0.05) is 12.6 Å². The minimum atomic E-state index is 0.297. The van der Waals surface area contributed by atoms with Crippen molar-refractivity contribution in [2.75, 3.05) is 19.7 Å². The zero-order valence-electron chi connectivity index (χ0n) is 15.6. The number of aliphatic hydroxyl groups is 1. The van der Waals surface area contributed by atoms with Gasteiger partial charge < -0.3 is 10.0 Å². The Morgan fingerprint density at radius 1 is 1.08 bits per heavy atom. The first-order valence-corrected chi connectivity index (χ1v) is 10.5. The van der Waals surface area contributed by atoms with E-state index in [1.54, 1.807) is 0 Å². The van der Waals surface area contributed by atoms with Crippen molar-refractivity contribution in [1.82, 2.24) is 4.90 Å². The quantitative estimate of drug-likeness (QED) is 0.745. The van der Waals surface area contributed by atoms with Crippen molar-refractivity contribution in [2.24, 2.45) is 17.8 Å². The molecule has 1 saturated carbocycles. The molecule has 2 aliphatic carbocycles. The number of piperidine rings is 1. The molecule has 0 aromatic carbocycles. The summed E-state index contributed by atoms with van der Waals surface area (Å²) in [5.74, 6) is 2.60. The normalized spacial score (nSPS) is 32.8. The van der Waals surface area contributed by atoms with Gasteiger partial charge in [0.15, 0.2) is 0 Å². The van der Waals surface area contributed by atoms with E-state index in [0.717, 1.165) is 30.2 Å². The van der Waals surface area contributed by atoms with E-state index in [1.807, 2.05) is 0 Å². The molecular formula is C22H37NO. The molecule has 1 heterocycles. The van der Waals surface area contributed by atoms with Gasteiger partial charge in [-0.2, -0.15) is 0 Å². The molecule has 0 radical (unpaired) electrons. The molecule has 0 spiro atoms. The molecule has 2 heteroatoms. The fourth-order valence-corrected chi connectivity index (χ4v) is 5.35. The van der Waals surface area contributed by atoms with Gasteiger partial charge in [-0.05, 0) is 82.2 Å². The number of nitrogens with zero attached hydrogens (tertiary/aromatic N) is 1. The van der Waals surface area contributed by atoms with E-state index in [4.69, 9.17) is 0 Å². The molecule has 2 nitrogen and oxygen atoms in total. The minimum absolute atomic E-state index is 0.297. The van der Waals surface area contributed by atoms with Crippen LogP contribution in [0, 0.1) is 17.8 Å². The molecule has 1 saturated heterocycles. The van der Waals surface area contributed by atoms with Gasteiger partial charge in [-0.3, -0.25) is 0 Å². The fourth-order valence-electron chi connectivity index (χ4n) is 5.35. The van der Waals surface area contributed by atoms with Crippen LogP contribution >= 0.6 is 0 Å². The highest BCUT2D eigenvalue weighted by molar-refractivity contribution is 5.20. The Kier molecular flexibility index (Phi) is 6.97. The molecule has 3 aliphatic rings. The van der Waals surface area contributed by atoms with Crippen LogP contribution in [0.1, 0.15) is 71.1 Å². The number of rotatable bonds is 6. The predicted octanol–water partition coefficient (Wildman–Crippen LogP) is 4.94. The van der Waals surface area contributed by atoms with Gasteiger partial charge in [0.2, 0.25) is 0 Å². The fraction of sp³-hybridized carbons (Fsp3) is 0.818. The molecule has 1 aliphatic heterocycles. The molecule has 1 N–H and O–H groups in total. The van der Waals surface area contributed by atoms with Gasteiger partial charge >= 0.3 is 0 Å². The molecule has 0 aromatic rings. The highest BCUT2D eigenvalue weighted by Gasteiger charge is 2.31. The van der Waals surface area contributed by atoms with Crippen LogP contribution in [0.25, 0.3) is 0 Å². The Morgan fingerprint density at radius 2 is 1.83 bits per heavy atom. The van der Waals surface area contributed by atoms with E-state index >= 15 is 0 Å². The molecule has 3 rings (SSSR count). The third-order valence-corrected chi connectivity index (χ3v) is 6.83. The third kappa shape index (κ3) is 4.73. The van der Waals surface area contributed by atoms with Gasteiger partial charge in [0.1, 0.15) is 0 Å². The summed E-state index contributed by atoms with van der Waals surface area (Å²) in [5, 5.41) is 9.17. The molecule has 1 atom stereocenters. The molecule has 136 valence electrons. The lowest BCUT2D eigenvalue weighted by Gasteiger charge is -2.42. The number of aliphatic hydroxyl groups excluding tert-OH is 1. The Bertz CT molecular complexity index is 425. The number of hydrogen-bond donors (Lipinski definition) is 1. The summed E-state index contributed by atoms with van der Waals surface area (Å²) in [7, 11) is 0. The molecule has 0 bridgehead atoms. The van der Waals surface area contributed by atoms with Crippen molar-refractivity contribution in [1.29, 1.82) is 0 Å². The first kappa shape index (κ1) is 18.2. The zero-order valence-corrected chi connectivity index (χ0v) is 15.6.